The molecular weight excluding hydrogens is 222 g/mol. The van der Waals surface area contributed by atoms with Gasteiger partial charge in [-0.15, -0.1) is 0 Å². The molecule has 2 bridgehead atoms. The van der Waals surface area contributed by atoms with Crippen LogP contribution in [0.1, 0.15) is 35.3 Å². The molecule has 0 amide bonds. The summed E-state index contributed by atoms with van der Waals surface area (Å²) >= 11 is 0. The van der Waals surface area contributed by atoms with Gasteiger partial charge in [0.1, 0.15) is 6.10 Å². The number of aliphatic hydroxyl groups is 1. The predicted octanol–water partition coefficient (Wildman–Crippen LogP) is 2.89. The van der Waals surface area contributed by atoms with Crippen LogP contribution in [0, 0.1) is 6.92 Å². The number of rotatable bonds is 2. The molecule has 1 aromatic carbocycles. The SMILES string of the molecule is C=CC(=C)C1=NC2(C)Cc3cc(C)cc1c3C2O. The molecule has 1 heterocycles. The van der Waals surface area contributed by atoms with E-state index in [9.17, 15) is 5.11 Å². The van der Waals surface area contributed by atoms with E-state index in [0.29, 0.717) is 0 Å². The van der Waals surface area contributed by atoms with E-state index in [4.69, 9.17) is 4.99 Å². The molecule has 0 aromatic heterocycles. The topological polar surface area (TPSA) is 32.6 Å². The van der Waals surface area contributed by atoms with E-state index in [1.54, 1.807) is 6.08 Å². The van der Waals surface area contributed by atoms with Crippen LogP contribution in [0.4, 0.5) is 0 Å². The lowest BCUT2D eigenvalue weighted by atomic mass is 9.87. The van der Waals surface area contributed by atoms with Crippen LogP contribution in [0.2, 0.25) is 0 Å². The van der Waals surface area contributed by atoms with Gasteiger partial charge in [0.2, 0.25) is 0 Å². The summed E-state index contributed by atoms with van der Waals surface area (Å²) in [4.78, 5) is 4.76. The zero-order valence-corrected chi connectivity index (χ0v) is 10.8. The summed E-state index contributed by atoms with van der Waals surface area (Å²) in [6.07, 6.45) is 2.03. The van der Waals surface area contributed by atoms with Gasteiger partial charge in [-0.3, -0.25) is 4.99 Å². The van der Waals surface area contributed by atoms with Crippen LogP contribution in [0.25, 0.3) is 0 Å². The number of fused-ring (bicyclic) bond motifs is 1. The van der Waals surface area contributed by atoms with Crippen molar-refractivity contribution in [1.82, 2.24) is 0 Å². The van der Waals surface area contributed by atoms with Gasteiger partial charge in [-0.05, 0) is 36.6 Å². The van der Waals surface area contributed by atoms with Gasteiger partial charge in [-0.1, -0.05) is 30.9 Å². The summed E-state index contributed by atoms with van der Waals surface area (Å²) in [5.74, 6) is 0. The highest BCUT2D eigenvalue weighted by molar-refractivity contribution is 6.16. The van der Waals surface area contributed by atoms with E-state index in [-0.39, 0.29) is 0 Å². The Morgan fingerprint density at radius 3 is 2.94 bits per heavy atom. The first-order chi connectivity index (χ1) is 8.46. The van der Waals surface area contributed by atoms with Gasteiger partial charge in [0.05, 0.1) is 11.3 Å². The van der Waals surface area contributed by atoms with E-state index in [0.717, 1.165) is 28.8 Å². The fraction of sp³-hybridized carbons (Fsp3) is 0.312. The number of aliphatic hydroxyl groups excluding tert-OH is 1. The zero-order valence-electron chi connectivity index (χ0n) is 10.8. The lowest BCUT2D eigenvalue weighted by molar-refractivity contribution is 0.109. The average molecular weight is 239 g/mol. The smallest absolute Gasteiger partial charge is 0.105 e. The van der Waals surface area contributed by atoms with Crippen molar-refractivity contribution < 1.29 is 5.11 Å². The third-order valence-electron chi connectivity index (χ3n) is 3.99. The number of benzene rings is 1. The quantitative estimate of drug-likeness (QED) is 0.791. The molecule has 1 aliphatic carbocycles. The number of hydrogen-bond donors (Lipinski definition) is 1. The fourth-order valence-electron chi connectivity index (χ4n) is 3.09. The molecule has 2 aliphatic rings. The van der Waals surface area contributed by atoms with Gasteiger partial charge in [0, 0.05) is 12.0 Å². The second-order valence-electron chi connectivity index (χ2n) is 5.51. The van der Waals surface area contributed by atoms with Gasteiger partial charge < -0.3 is 5.11 Å². The molecular formula is C16H17NO. The highest BCUT2D eigenvalue weighted by Gasteiger charge is 2.46. The molecule has 1 aliphatic heterocycles. The average Bonchev–Trinajstić information content (AvgIpc) is 2.51. The number of aliphatic imine (C=N–C) groups is 1. The van der Waals surface area contributed by atoms with Crippen molar-refractivity contribution in [3.05, 3.63) is 59.2 Å². The van der Waals surface area contributed by atoms with Crippen molar-refractivity contribution in [2.24, 2.45) is 4.99 Å². The maximum Gasteiger partial charge on any atom is 0.105 e. The van der Waals surface area contributed by atoms with Gasteiger partial charge in [0.25, 0.3) is 0 Å². The Morgan fingerprint density at radius 1 is 1.56 bits per heavy atom. The van der Waals surface area contributed by atoms with Crippen LogP contribution in [0.5, 0.6) is 0 Å². The lowest BCUT2D eigenvalue weighted by Gasteiger charge is -2.30. The molecule has 0 saturated heterocycles. The van der Waals surface area contributed by atoms with Crippen molar-refractivity contribution in [3.8, 4) is 0 Å². The Hall–Kier alpha value is -1.67. The van der Waals surface area contributed by atoms with Gasteiger partial charge in [-0.25, -0.2) is 0 Å². The molecule has 92 valence electrons. The first-order valence-electron chi connectivity index (χ1n) is 6.20. The van der Waals surface area contributed by atoms with E-state index in [2.05, 4.69) is 32.2 Å². The minimum absolute atomic E-state index is 0.440. The van der Waals surface area contributed by atoms with Gasteiger partial charge in [-0.2, -0.15) is 0 Å². The highest BCUT2D eigenvalue weighted by atomic mass is 16.3. The molecule has 3 rings (SSSR count). The molecule has 2 unspecified atom stereocenters. The van der Waals surface area contributed by atoms with E-state index >= 15 is 0 Å². The maximum atomic E-state index is 10.4. The van der Waals surface area contributed by atoms with Crippen LogP contribution in [-0.4, -0.2) is 16.4 Å². The molecule has 0 fully saturated rings. The Kier molecular flexibility index (Phi) is 2.17. The monoisotopic (exact) mass is 239 g/mol. The van der Waals surface area contributed by atoms with Crippen molar-refractivity contribution in [1.29, 1.82) is 0 Å². The highest BCUT2D eigenvalue weighted by Crippen LogP contribution is 2.48. The second kappa shape index (κ2) is 3.42. The third kappa shape index (κ3) is 1.30. The van der Waals surface area contributed by atoms with E-state index in [1.807, 2.05) is 6.92 Å². The minimum atomic E-state index is -0.496. The normalized spacial score (nSPS) is 27.9. The fourth-order valence-corrected chi connectivity index (χ4v) is 3.09. The largest absolute Gasteiger partial charge is 0.386 e. The molecule has 18 heavy (non-hydrogen) atoms. The summed E-state index contributed by atoms with van der Waals surface area (Å²) in [7, 11) is 0. The summed E-state index contributed by atoms with van der Waals surface area (Å²) in [5.41, 5.74) is 5.75. The van der Waals surface area contributed by atoms with Crippen molar-refractivity contribution in [2.75, 3.05) is 0 Å². The number of hydrogen-bond acceptors (Lipinski definition) is 2. The Balaban J connectivity index is 2.33. The standard InChI is InChI=1S/C16H17NO/c1-5-10(3)14-12-7-9(2)6-11-8-16(4,17-14)15(18)13(11)12/h5-7,15,18H,1,3,8H2,2,4H3. The summed E-state index contributed by atoms with van der Waals surface area (Å²) in [6, 6.07) is 4.24. The Morgan fingerprint density at radius 2 is 2.28 bits per heavy atom. The molecule has 1 aromatic rings. The first kappa shape index (κ1) is 11.4. The molecule has 2 heteroatoms. The summed E-state index contributed by atoms with van der Waals surface area (Å²) in [6.45, 7) is 11.9. The van der Waals surface area contributed by atoms with Crippen molar-refractivity contribution in [3.63, 3.8) is 0 Å². The number of allylic oxidation sites excluding steroid dienone is 2. The molecule has 0 spiro atoms. The Labute approximate surface area is 107 Å². The van der Waals surface area contributed by atoms with Crippen LogP contribution >= 0.6 is 0 Å². The Bertz CT molecular complexity index is 612. The third-order valence-corrected chi connectivity index (χ3v) is 3.99. The van der Waals surface area contributed by atoms with Crippen LogP contribution < -0.4 is 0 Å². The molecule has 2 atom stereocenters. The van der Waals surface area contributed by atoms with E-state index < -0.39 is 11.6 Å². The maximum absolute atomic E-state index is 10.4. The van der Waals surface area contributed by atoms with Crippen LogP contribution in [0.15, 0.2) is 41.9 Å². The zero-order chi connectivity index (χ0) is 13.1. The van der Waals surface area contributed by atoms with E-state index in [1.165, 1.54) is 11.1 Å². The van der Waals surface area contributed by atoms with Gasteiger partial charge >= 0.3 is 0 Å². The predicted molar refractivity (Wildman–Crippen MR) is 74.1 cm³/mol. The minimum Gasteiger partial charge on any atom is -0.386 e. The van der Waals surface area contributed by atoms with Crippen LogP contribution in [0.3, 0.4) is 0 Å². The molecule has 1 N–H and O–H groups in total. The lowest BCUT2D eigenvalue weighted by Crippen LogP contribution is -2.33. The second-order valence-corrected chi connectivity index (χ2v) is 5.51. The number of aryl methyl sites for hydroxylation is 1. The number of nitrogens with zero attached hydrogens (tertiary/aromatic N) is 1. The molecule has 2 nitrogen and oxygen atoms in total. The molecule has 0 radical (unpaired) electrons. The molecule has 0 saturated carbocycles. The first-order valence-corrected chi connectivity index (χ1v) is 6.20. The van der Waals surface area contributed by atoms with Crippen LogP contribution in [-0.2, 0) is 6.42 Å². The van der Waals surface area contributed by atoms with Crippen molar-refractivity contribution >= 4 is 5.71 Å². The van der Waals surface area contributed by atoms with Crippen molar-refractivity contribution in [2.45, 2.75) is 31.9 Å². The summed E-state index contributed by atoms with van der Waals surface area (Å²) < 4.78 is 0. The summed E-state index contributed by atoms with van der Waals surface area (Å²) in [5, 5.41) is 10.4. The van der Waals surface area contributed by atoms with Gasteiger partial charge in [0.15, 0.2) is 0 Å².